The highest BCUT2D eigenvalue weighted by Gasteiger charge is 2.18. The number of thioether (sulfide) groups is 1. The van der Waals surface area contributed by atoms with E-state index < -0.39 is 6.10 Å². The SMILES string of the molecule is CC(Oc1ccc(F)cc1)c1nnc(SCC(=O)Nc2nc(-c3ccc(Cl)cc3Cl)cs2)n1C. The normalized spacial score (nSPS) is 11.9. The number of anilines is 1. The molecule has 1 amide bonds. The fourth-order valence-corrected chi connectivity index (χ4v) is 4.96. The summed E-state index contributed by atoms with van der Waals surface area (Å²) in [7, 11) is 1.79. The average Bonchev–Trinajstić information content (AvgIpc) is 3.40. The molecule has 0 saturated carbocycles. The fraction of sp³-hybridized carbons (Fsp3) is 0.182. The van der Waals surface area contributed by atoms with Gasteiger partial charge in [0.05, 0.1) is 16.5 Å². The highest BCUT2D eigenvalue weighted by atomic mass is 35.5. The Morgan fingerprint density at radius 1 is 1.24 bits per heavy atom. The lowest BCUT2D eigenvalue weighted by Crippen LogP contribution is -2.14. The minimum Gasteiger partial charge on any atom is -0.483 e. The lowest BCUT2D eigenvalue weighted by atomic mass is 10.2. The summed E-state index contributed by atoms with van der Waals surface area (Å²) in [5, 5.41) is 15.0. The predicted octanol–water partition coefficient (Wildman–Crippen LogP) is 6.26. The number of hydrogen-bond acceptors (Lipinski definition) is 7. The van der Waals surface area contributed by atoms with E-state index in [1.165, 1.54) is 35.2 Å². The summed E-state index contributed by atoms with van der Waals surface area (Å²) in [6, 6.07) is 10.9. The number of aromatic nitrogens is 4. The number of thiazole rings is 1. The molecule has 0 aliphatic heterocycles. The van der Waals surface area contributed by atoms with E-state index in [4.69, 9.17) is 27.9 Å². The third kappa shape index (κ3) is 5.87. The number of rotatable bonds is 8. The Balaban J connectivity index is 1.33. The molecule has 1 atom stereocenters. The quantitative estimate of drug-likeness (QED) is 0.267. The second-order valence-electron chi connectivity index (χ2n) is 7.11. The molecule has 7 nitrogen and oxygen atoms in total. The first-order chi connectivity index (χ1) is 16.3. The van der Waals surface area contributed by atoms with Crippen LogP contribution in [0.25, 0.3) is 11.3 Å². The molecule has 0 radical (unpaired) electrons. The Hall–Kier alpha value is -2.66. The number of halogens is 3. The van der Waals surface area contributed by atoms with Crippen molar-refractivity contribution in [3.63, 3.8) is 0 Å². The van der Waals surface area contributed by atoms with Gasteiger partial charge in [0.15, 0.2) is 22.2 Å². The lowest BCUT2D eigenvalue weighted by Gasteiger charge is -2.14. The second kappa shape index (κ2) is 10.7. The Bertz CT molecular complexity index is 1310. The van der Waals surface area contributed by atoms with Crippen LogP contribution in [0.15, 0.2) is 53.0 Å². The summed E-state index contributed by atoms with van der Waals surface area (Å²) in [4.78, 5) is 16.9. The van der Waals surface area contributed by atoms with E-state index >= 15 is 0 Å². The van der Waals surface area contributed by atoms with Crippen LogP contribution in [0.4, 0.5) is 9.52 Å². The molecule has 2 heterocycles. The van der Waals surface area contributed by atoms with Gasteiger partial charge >= 0.3 is 0 Å². The van der Waals surface area contributed by atoms with Gasteiger partial charge in [-0.2, -0.15) is 0 Å². The molecule has 176 valence electrons. The molecule has 1 unspecified atom stereocenters. The van der Waals surface area contributed by atoms with Crippen molar-refractivity contribution in [1.82, 2.24) is 19.7 Å². The standard InChI is InChI=1S/C22H18Cl2FN5O2S2/c1-12(32-15-6-4-14(25)5-7-15)20-28-29-22(30(20)2)34-11-19(31)27-21-26-18(10-33-21)16-8-3-13(23)9-17(16)24/h3-10,12H,11H2,1-2H3,(H,26,27,31). The summed E-state index contributed by atoms with van der Waals surface area (Å²) < 4.78 is 20.6. The molecule has 0 fully saturated rings. The average molecular weight is 538 g/mol. The maximum atomic E-state index is 13.1. The smallest absolute Gasteiger partial charge is 0.236 e. The summed E-state index contributed by atoms with van der Waals surface area (Å²) >= 11 is 14.7. The van der Waals surface area contributed by atoms with Crippen LogP contribution in [0.5, 0.6) is 5.75 Å². The van der Waals surface area contributed by atoms with E-state index in [0.29, 0.717) is 37.6 Å². The first-order valence-electron chi connectivity index (χ1n) is 9.95. The molecule has 34 heavy (non-hydrogen) atoms. The molecular formula is C22H18Cl2FN5O2S2. The largest absolute Gasteiger partial charge is 0.483 e. The molecule has 4 rings (SSSR count). The van der Waals surface area contributed by atoms with Crippen LogP contribution < -0.4 is 10.1 Å². The number of ether oxygens (including phenoxy) is 1. The first kappa shape index (κ1) is 24.5. The molecule has 0 aliphatic rings. The molecule has 0 saturated heterocycles. The lowest BCUT2D eigenvalue weighted by molar-refractivity contribution is -0.113. The third-order valence-corrected chi connectivity index (χ3v) is 6.97. The van der Waals surface area contributed by atoms with Gasteiger partial charge in [0.25, 0.3) is 0 Å². The maximum Gasteiger partial charge on any atom is 0.236 e. The maximum absolute atomic E-state index is 13.1. The number of carbonyl (C=O) groups is 1. The van der Waals surface area contributed by atoms with Crippen LogP contribution in [0.1, 0.15) is 18.9 Å². The number of carbonyl (C=O) groups excluding carboxylic acids is 1. The van der Waals surface area contributed by atoms with Crippen LogP contribution >= 0.6 is 46.3 Å². The third-order valence-electron chi connectivity index (χ3n) is 4.65. The van der Waals surface area contributed by atoms with E-state index in [1.54, 1.807) is 41.9 Å². The number of nitrogens with zero attached hydrogens (tertiary/aromatic N) is 4. The highest BCUT2D eigenvalue weighted by molar-refractivity contribution is 7.99. The Kier molecular flexibility index (Phi) is 7.72. The van der Waals surface area contributed by atoms with Gasteiger partial charge in [-0.1, -0.05) is 35.0 Å². The van der Waals surface area contributed by atoms with E-state index in [1.807, 2.05) is 12.3 Å². The van der Waals surface area contributed by atoms with Crippen molar-refractivity contribution in [3.05, 3.63) is 69.5 Å². The molecule has 12 heteroatoms. The first-order valence-corrected chi connectivity index (χ1v) is 12.6. The van der Waals surface area contributed by atoms with Gasteiger partial charge in [0.1, 0.15) is 11.6 Å². The van der Waals surface area contributed by atoms with Gasteiger partial charge in [0, 0.05) is 23.0 Å². The second-order valence-corrected chi connectivity index (χ2v) is 9.76. The fourth-order valence-electron chi connectivity index (χ4n) is 3.01. The van der Waals surface area contributed by atoms with Crippen LogP contribution in [0.2, 0.25) is 10.0 Å². The van der Waals surface area contributed by atoms with Crippen molar-refractivity contribution in [2.24, 2.45) is 7.05 Å². The predicted molar refractivity (Wildman–Crippen MR) is 133 cm³/mol. The number of hydrogen-bond donors (Lipinski definition) is 1. The Labute approximate surface area is 213 Å². The summed E-state index contributed by atoms with van der Waals surface area (Å²) in [5.74, 6) is 0.659. The molecule has 2 aromatic heterocycles. The topological polar surface area (TPSA) is 81.9 Å². The van der Waals surface area contributed by atoms with Crippen LogP contribution in [0, 0.1) is 5.82 Å². The van der Waals surface area contributed by atoms with Gasteiger partial charge in [-0.25, -0.2) is 9.37 Å². The van der Waals surface area contributed by atoms with E-state index in [-0.39, 0.29) is 17.5 Å². The Morgan fingerprint density at radius 3 is 2.74 bits per heavy atom. The van der Waals surface area contributed by atoms with Crippen molar-refractivity contribution < 1.29 is 13.9 Å². The molecule has 4 aromatic rings. The van der Waals surface area contributed by atoms with Crippen molar-refractivity contribution in [2.45, 2.75) is 18.2 Å². The molecule has 0 spiro atoms. The van der Waals surface area contributed by atoms with Gasteiger partial charge in [-0.15, -0.1) is 21.5 Å². The van der Waals surface area contributed by atoms with Gasteiger partial charge in [-0.05, 0) is 49.4 Å². The molecule has 1 N–H and O–H groups in total. The van der Waals surface area contributed by atoms with E-state index in [2.05, 4.69) is 20.5 Å². The van der Waals surface area contributed by atoms with Crippen molar-refractivity contribution in [2.75, 3.05) is 11.1 Å². The summed E-state index contributed by atoms with van der Waals surface area (Å²) in [5.41, 5.74) is 1.39. The number of nitrogens with one attached hydrogen (secondary N) is 1. The van der Waals surface area contributed by atoms with Gasteiger partial charge in [0.2, 0.25) is 5.91 Å². The minimum atomic E-state index is -0.417. The molecule has 2 aromatic carbocycles. The van der Waals surface area contributed by atoms with Crippen molar-refractivity contribution in [3.8, 4) is 17.0 Å². The van der Waals surface area contributed by atoms with Crippen molar-refractivity contribution in [1.29, 1.82) is 0 Å². The van der Waals surface area contributed by atoms with E-state index in [0.717, 1.165) is 5.56 Å². The summed E-state index contributed by atoms with van der Waals surface area (Å²) in [6.45, 7) is 1.82. The number of amides is 1. The zero-order valence-electron chi connectivity index (χ0n) is 18.0. The van der Waals surface area contributed by atoms with Crippen LogP contribution in [-0.2, 0) is 11.8 Å². The number of benzene rings is 2. The highest BCUT2D eigenvalue weighted by Crippen LogP contribution is 2.32. The molecular weight excluding hydrogens is 520 g/mol. The molecule has 0 bridgehead atoms. The van der Waals surface area contributed by atoms with E-state index in [9.17, 15) is 9.18 Å². The van der Waals surface area contributed by atoms with Crippen molar-refractivity contribution >= 4 is 57.3 Å². The minimum absolute atomic E-state index is 0.121. The molecule has 0 aliphatic carbocycles. The van der Waals surface area contributed by atoms with Crippen LogP contribution in [0.3, 0.4) is 0 Å². The zero-order chi connectivity index (χ0) is 24.2. The zero-order valence-corrected chi connectivity index (χ0v) is 21.1. The van der Waals surface area contributed by atoms with Gasteiger partial charge in [-0.3, -0.25) is 4.79 Å². The van der Waals surface area contributed by atoms with Crippen LogP contribution in [-0.4, -0.2) is 31.4 Å². The Morgan fingerprint density at radius 2 is 2.00 bits per heavy atom. The van der Waals surface area contributed by atoms with Gasteiger partial charge < -0.3 is 14.6 Å². The summed E-state index contributed by atoms with van der Waals surface area (Å²) in [6.07, 6.45) is -0.417. The monoisotopic (exact) mass is 537 g/mol.